The van der Waals surface area contributed by atoms with E-state index in [1.165, 1.54) is 5.56 Å². The quantitative estimate of drug-likeness (QED) is 0.895. The molecular formula is C16H23N3O2. The summed E-state index contributed by atoms with van der Waals surface area (Å²) in [6, 6.07) is 5.77. The predicted molar refractivity (Wildman–Crippen MR) is 82.0 cm³/mol. The lowest BCUT2D eigenvalue weighted by molar-refractivity contribution is -0.130. The minimum atomic E-state index is -0.404. The zero-order valence-corrected chi connectivity index (χ0v) is 12.8. The highest BCUT2D eigenvalue weighted by atomic mass is 16.2. The van der Waals surface area contributed by atoms with Gasteiger partial charge in [0.05, 0.1) is 6.42 Å². The fourth-order valence-electron chi connectivity index (χ4n) is 2.65. The van der Waals surface area contributed by atoms with Crippen molar-refractivity contribution in [3.63, 3.8) is 0 Å². The van der Waals surface area contributed by atoms with Gasteiger partial charge in [-0.15, -0.1) is 0 Å². The van der Waals surface area contributed by atoms with Gasteiger partial charge in [-0.3, -0.25) is 4.79 Å². The van der Waals surface area contributed by atoms with Crippen molar-refractivity contribution in [3.8, 4) is 0 Å². The molecule has 2 N–H and O–H groups in total. The molecule has 1 saturated heterocycles. The number of nitrogens with zero attached hydrogens (tertiary/aromatic N) is 2. The van der Waals surface area contributed by atoms with Gasteiger partial charge < -0.3 is 15.5 Å². The third kappa shape index (κ3) is 3.97. The second kappa shape index (κ2) is 6.61. The molecule has 1 aliphatic rings. The molecule has 0 radical (unpaired) electrons. The fraction of sp³-hybridized carbons (Fsp3) is 0.500. The van der Waals surface area contributed by atoms with Crippen LogP contribution in [-0.2, 0) is 11.2 Å². The number of urea groups is 1. The summed E-state index contributed by atoms with van der Waals surface area (Å²) in [7, 11) is 0. The van der Waals surface area contributed by atoms with Crippen molar-refractivity contribution in [3.05, 3.63) is 34.9 Å². The monoisotopic (exact) mass is 289 g/mol. The van der Waals surface area contributed by atoms with E-state index in [0.29, 0.717) is 32.6 Å². The number of benzene rings is 1. The van der Waals surface area contributed by atoms with Gasteiger partial charge in [-0.05, 0) is 31.4 Å². The lowest BCUT2D eigenvalue weighted by Crippen LogP contribution is -2.40. The van der Waals surface area contributed by atoms with Crippen LogP contribution in [0.15, 0.2) is 18.2 Å². The van der Waals surface area contributed by atoms with Gasteiger partial charge in [0.25, 0.3) is 0 Å². The van der Waals surface area contributed by atoms with E-state index in [-0.39, 0.29) is 5.91 Å². The van der Waals surface area contributed by atoms with Crippen LogP contribution >= 0.6 is 0 Å². The Hall–Kier alpha value is -2.04. The van der Waals surface area contributed by atoms with Crippen LogP contribution in [0.3, 0.4) is 0 Å². The third-order valence-electron chi connectivity index (χ3n) is 4.01. The van der Waals surface area contributed by atoms with Crippen LogP contribution in [0, 0.1) is 13.8 Å². The molecular weight excluding hydrogens is 266 g/mol. The van der Waals surface area contributed by atoms with E-state index in [0.717, 1.165) is 17.5 Å². The Morgan fingerprint density at radius 1 is 1.10 bits per heavy atom. The minimum absolute atomic E-state index is 0.120. The first-order valence-corrected chi connectivity index (χ1v) is 7.35. The van der Waals surface area contributed by atoms with Gasteiger partial charge >= 0.3 is 6.03 Å². The summed E-state index contributed by atoms with van der Waals surface area (Å²) in [5.74, 6) is 0.120. The van der Waals surface area contributed by atoms with E-state index < -0.39 is 6.03 Å². The molecule has 0 saturated carbocycles. The van der Waals surface area contributed by atoms with Crippen molar-refractivity contribution in [1.29, 1.82) is 0 Å². The molecule has 1 heterocycles. The summed E-state index contributed by atoms with van der Waals surface area (Å²) in [6.07, 6.45) is 1.20. The number of primary amides is 1. The van der Waals surface area contributed by atoms with Crippen LogP contribution in [0.25, 0.3) is 0 Å². The highest BCUT2D eigenvalue weighted by Gasteiger charge is 2.21. The molecule has 1 aromatic rings. The SMILES string of the molecule is Cc1ccc(C)c(CC(=O)N2CCCN(C(N)=O)CC2)c1. The standard InChI is InChI=1S/C16H23N3O2/c1-12-4-5-13(2)14(10-12)11-15(20)18-6-3-7-19(9-8-18)16(17)21/h4-5,10H,3,6-9,11H2,1-2H3,(H2,17,21). The van der Waals surface area contributed by atoms with Gasteiger partial charge in [-0.1, -0.05) is 23.8 Å². The van der Waals surface area contributed by atoms with Crippen molar-refractivity contribution >= 4 is 11.9 Å². The summed E-state index contributed by atoms with van der Waals surface area (Å²) in [5, 5.41) is 0. The summed E-state index contributed by atoms with van der Waals surface area (Å²) in [6.45, 7) is 6.46. The fourth-order valence-corrected chi connectivity index (χ4v) is 2.65. The number of aryl methyl sites for hydroxylation is 2. The molecule has 0 unspecified atom stereocenters. The molecule has 21 heavy (non-hydrogen) atoms. The molecule has 1 aliphatic heterocycles. The van der Waals surface area contributed by atoms with Gasteiger partial charge in [0.1, 0.15) is 0 Å². The average molecular weight is 289 g/mol. The summed E-state index contributed by atoms with van der Waals surface area (Å²) < 4.78 is 0. The highest BCUT2D eigenvalue weighted by Crippen LogP contribution is 2.13. The van der Waals surface area contributed by atoms with Crippen LogP contribution in [0.5, 0.6) is 0 Å². The number of hydrogen-bond acceptors (Lipinski definition) is 2. The van der Waals surface area contributed by atoms with Crippen molar-refractivity contribution in [2.45, 2.75) is 26.7 Å². The maximum absolute atomic E-state index is 12.5. The van der Waals surface area contributed by atoms with Crippen molar-refractivity contribution in [2.24, 2.45) is 5.73 Å². The van der Waals surface area contributed by atoms with E-state index in [9.17, 15) is 9.59 Å². The van der Waals surface area contributed by atoms with E-state index >= 15 is 0 Å². The molecule has 0 aliphatic carbocycles. The molecule has 1 fully saturated rings. The maximum Gasteiger partial charge on any atom is 0.314 e. The molecule has 0 aromatic heterocycles. The maximum atomic E-state index is 12.5. The first kappa shape index (κ1) is 15.4. The first-order valence-electron chi connectivity index (χ1n) is 7.35. The number of hydrogen-bond donors (Lipinski definition) is 1. The van der Waals surface area contributed by atoms with E-state index in [1.807, 2.05) is 18.7 Å². The number of nitrogens with two attached hydrogens (primary N) is 1. The Balaban J connectivity index is 2.00. The number of rotatable bonds is 2. The van der Waals surface area contributed by atoms with Crippen LogP contribution in [0.1, 0.15) is 23.1 Å². The highest BCUT2D eigenvalue weighted by molar-refractivity contribution is 5.79. The van der Waals surface area contributed by atoms with Gasteiger partial charge in [0, 0.05) is 26.2 Å². The first-order chi connectivity index (χ1) is 9.97. The van der Waals surface area contributed by atoms with E-state index in [4.69, 9.17) is 5.73 Å². The van der Waals surface area contributed by atoms with Crippen LogP contribution in [0.2, 0.25) is 0 Å². The zero-order chi connectivity index (χ0) is 15.4. The number of carbonyl (C=O) groups is 2. The van der Waals surface area contributed by atoms with Gasteiger partial charge in [0.2, 0.25) is 5.91 Å². The topological polar surface area (TPSA) is 66.6 Å². The Morgan fingerprint density at radius 3 is 2.48 bits per heavy atom. The lowest BCUT2D eigenvalue weighted by atomic mass is 10.0. The Bertz CT molecular complexity index is 542. The van der Waals surface area contributed by atoms with Crippen LogP contribution in [0.4, 0.5) is 4.79 Å². The minimum Gasteiger partial charge on any atom is -0.351 e. The molecule has 5 nitrogen and oxygen atoms in total. The lowest BCUT2D eigenvalue weighted by Gasteiger charge is -2.21. The average Bonchev–Trinajstić information content (AvgIpc) is 2.68. The van der Waals surface area contributed by atoms with Crippen molar-refractivity contribution in [2.75, 3.05) is 26.2 Å². The molecule has 0 spiro atoms. The number of amides is 3. The van der Waals surface area contributed by atoms with E-state index in [2.05, 4.69) is 18.2 Å². The summed E-state index contributed by atoms with van der Waals surface area (Å²) in [4.78, 5) is 27.1. The molecule has 0 atom stereocenters. The van der Waals surface area contributed by atoms with Crippen LogP contribution < -0.4 is 5.73 Å². The molecule has 1 aromatic carbocycles. The number of carbonyl (C=O) groups excluding carboxylic acids is 2. The molecule has 0 bridgehead atoms. The second-order valence-corrected chi connectivity index (χ2v) is 5.67. The van der Waals surface area contributed by atoms with E-state index in [1.54, 1.807) is 4.90 Å². The molecule has 114 valence electrons. The van der Waals surface area contributed by atoms with Crippen molar-refractivity contribution in [1.82, 2.24) is 9.80 Å². The van der Waals surface area contributed by atoms with Gasteiger partial charge in [0.15, 0.2) is 0 Å². The Labute approximate surface area is 125 Å². The molecule has 5 heteroatoms. The second-order valence-electron chi connectivity index (χ2n) is 5.67. The smallest absolute Gasteiger partial charge is 0.314 e. The normalized spacial score (nSPS) is 15.7. The van der Waals surface area contributed by atoms with Crippen LogP contribution in [-0.4, -0.2) is 47.9 Å². The third-order valence-corrected chi connectivity index (χ3v) is 4.01. The Kier molecular flexibility index (Phi) is 4.83. The Morgan fingerprint density at radius 2 is 1.76 bits per heavy atom. The zero-order valence-electron chi connectivity index (χ0n) is 12.8. The summed E-state index contributed by atoms with van der Waals surface area (Å²) in [5.41, 5.74) is 8.69. The molecule has 3 amide bonds. The largest absolute Gasteiger partial charge is 0.351 e. The van der Waals surface area contributed by atoms with Gasteiger partial charge in [-0.25, -0.2) is 4.79 Å². The summed E-state index contributed by atoms with van der Waals surface area (Å²) >= 11 is 0. The predicted octanol–water partition coefficient (Wildman–Crippen LogP) is 1.46. The van der Waals surface area contributed by atoms with Gasteiger partial charge in [-0.2, -0.15) is 0 Å². The van der Waals surface area contributed by atoms with Crippen molar-refractivity contribution < 1.29 is 9.59 Å². The molecule has 2 rings (SSSR count).